The molecule has 1 fully saturated rings. The first-order valence-electron chi connectivity index (χ1n) is 4.82. The van der Waals surface area contributed by atoms with Crippen molar-refractivity contribution in [2.24, 2.45) is 0 Å². The first-order valence-corrected chi connectivity index (χ1v) is 6.28. The van der Waals surface area contributed by atoms with Crippen LogP contribution < -0.4 is 0 Å². The van der Waals surface area contributed by atoms with Gasteiger partial charge in [0.05, 0.1) is 10.6 Å². The molecular formula is C11H11ClINO. The van der Waals surface area contributed by atoms with Gasteiger partial charge in [-0.15, -0.1) is 0 Å². The molecule has 15 heavy (non-hydrogen) atoms. The molecule has 0 aliphatic heterocycles. The molecule has 0 atom stereocenters. The van der Waals surface area contributed by atoms with Crippen LogP contribution >= 0.6 is 34.2 Å². The van der Waals surface area contributed by atoms with Gasteiger partial charge in [0.25, 0.3) is 5.91 Å². The molecule has 2 rings (SSSR count). The molecule has 80 valence electrons. The van der Waals surface area contributed by atoms with E-state index in [2.05, 4.69) is 22.6 Å². The number of benzene rings is 1. The van der Waals surface area contributed by atoms with E-state index in [9.17, 15) is 4.79 Å². The summed E-state index contributed by atoms with van der Waals surface area (Å²) in [6.45, 7) is 0. The Morgan fingerprint density at radius 1 is 1.53 bits per heavy atom. The van der Waals surface area contributed by atoms with Crippen molar-refractivity contribution in [1.82, 2.24) is 4.90 Å². The molecule has 1 aromatic rings. The lowest BCUT2D eigenvalue weighted by Crippen LogP contribution is -2.29. The van der Waals surface area contributed by atoms with Gasteiger partial charge in [-0.2, -0.15) is 0 Å². The highest BCUT2D eigenvalue weighted by Crippen LogP contribution is 2.29. The Kier molecular flexibility index (Phi) is 3.21. The molecule has 0 spiro atoms. The number of hydrogen-bond acceptors (Lipinski definition) is 1. The average molecular weight is 336 g/mol. The molecule has 0 radical (unpaired) electrons. The van der Waals surface area contributed by atoms with E-state index in [4.69, 9.17) is 11.6 Å². The van der Waals surface area contributed by atoms with Gasteiger partial charge in [-0.3, -0.25) is 4.79 Å². The normalized spacial score (nSPS) is 15.1. The summed E-state index contributed by atoms with van der Waals surface area (Å²) in [6, 6.07) is 5.89. The fraction of sp³-hybridized carbons (Fsp3) is 0.364. The molecule has 0 aromatic heterocycles. The van der Waals surface area contributed by atoms with Gasteiger partial charge in [0.2, 0.25) is 0 Å². The third kappa shape index (κ3) is 2.28. The van der Waals surface area contributed by atoms with Crippen molar-refractivity contribution in [2.45, 2.75) is 18.9 Å². The Morgan fingerprint density at radius 2 is 2.20 bits per heavy atom. The van der Waals surface area contributed by atoms with Gasteiger partial charge in [0.1, 0.15) is 0 Å². The molecule has 1 aliphatic carbocycles. The summed E-state index contributed by atoms with van der Waals surface area (Å²) >= 11 is 8.10. The second-order valence-corrected chi connectivity index (χ2v) is 5.23. The zero-order chi connectivity index (χ0) is 11.0. The smallest absolute Gasteiger partial charge is 0.254 e. The minimum Gasteiger partial charge on any atom is -0.339 e. The second-order valence-electron chi connectivity index (χ2n) is 3.75. The molecule has 0 saturated heterocycles. The minimum absolute atomic E-state index is 0.0735. The van der Waals surface area contributed by atoms with E-state index in [0.29, 0.717) is 16.6 Å². The molecule has 1 amide bonds. The van der Waals surface area contributed by atoms with E-state index >= 15 is 0 Å². The fourth-order valence-corrected chi connectivity index (χ4v) is 2.25. The molecule has 4 heteroatoms. The highest BCUT2D eigenvalue weighted by molar-refractivity contribution is 14.1. The van der Waals surface area contributed by atoms with E-state index in [0.717, 1.165) is 16.4 Å². The number of amides is 1. The summed E-state index contributed by atoms with van der Waals surface area (Å²) < 4.78 is 0.842. The summed E-state index contributed by atoms with van der Waals surface area (Å²) in [5, 5.41) is 0.644. The van der Waals surface area contributed by atoms with Crippen molar-refractivity contribution in [2.75, 3.05) is 7.05 Å². The van der Waals surface area contributed by atoms with Gasteiger partial charge in [0.15, 0.2) is 0 Å². The Morgan fingerprint density at radius 3 is 2.80 bits per heavy atom. The molecule has 1 saturated carbocycles. The lowest BCUT2D eigenvalue weighted by atomic mass is 10.2. The third-order valence-corrected chi connectivity index (χ3v) is 4.39. The summed E-state index contributed by atoms with van der Waals surface area (Å²) in [6.07, 6.45) is 2.25. The van der Waals surface area contributed by atoms with Crippen LogP contribution in [-0.2, 0) is 0 Å². The predicted molar refractivity (Wildman–Crippen MR) is 69.3 cm³/mol. The van der Waals surface area contributed by atoms with Gasteiger partial charge in [-0.05, 0) is 47.6 Å². The first kappa shape index (κ1) is 11.2. The molecule has 0 N–H and O–H groups in total. The van der Waals surface area contributed by atoms with Crippen LogP contribution in [0.3, 0.4) is 0 Å². The highest BCUT2D eigenvalue weighted by Gasteiger charge is 2.30. The van der Waals surface area contributed by atoms with Gasteiger partial charge in [0, 0.05) is 16.7 Å². The van der Waals surface area contributed by atoms with E-state index in [-0.39, 0.29) is 5.91 Å². The number of rotatable bonds is 2. The van der Waals surface area contributed by atoms with Crippen molar-refractivity contribution >= 4 is 40.1 Å². The Labute approximate surface area is 108 Å². The van der Waals surface area contributed by atoms with Crippen molar-refractivity contribution in [3.05, 3.63) is 32.4 Å². The predicted octanol–water partition coefficient (Wildman–Crippen LogP) is 3.18. The first-order chi connectivity index (χ1) is 7.11. The SMILES string of the molecule is CN(C(=O)c1cccc(Cl)c1I)C1CC1. The van der Waals surface area contributed by atoms with Crippen molar-refractivity contribution in [1.29, 1.82) is 0 Å². The molecule has 1 aliphatic rings. The van der Waals surface area contributed by atoms with Gasteiger partial charge in [-0.1, -0.05) is 17.7 Å². The van der Waals surface area contributed by atoms with E-state index in [1.165, 1.54) is 0 Å². The fourth-order valence-electron chi connectivity index (χ4n) is 1.49. The van der Waals surface area contributed by atoms with Crippen molar-refractivity contribution in [3.63, 3.8) is 0 Å². The van der Waals surface area contributed by atoms with E-state index in [1.807, 2.05) is 24.1 Å². The molecule has 2 nitrogen and oxygen atoms in total. The van der Waals surface area contributed by atoms with E-state index in [1.54, 1.807) is 6.07 Å². The average Bonchev–Trinajstić information content (AvgIpc) is 3.03. The number of carbonyl (C=O) groups excluding carboxylic acids is 1. The molecule has 0 unspecified atom stereocenters. The summed E-state index contributed by atoms with van der Waals surface area (Å²) in [5.74, 6) is 0.0735. The van der Waals surface area contributed by atoms with Gasteiger partial charge < -0.3 is 4.90 Å². The van der Waals surface area contributed by atoms with Crippen LogP contribution in [0.15, 0.2) is 18.2 Å². The lowest BCUT2D eigenvalue weighted by Gasteiger charge is -2.17. The minimum atomic E-state index is 0.0735. The topological polar surface area (TPSA) is 20.3 Å². The largest absolute Gasteiger partial charge is 0.339 e. The Hall–Kier alpha value is -0.290. The summed E-state index contributed by atoms with van der Waals surface area (Å²) in [4.78, 5) is 13.9. The van der Waals surface area contributed by atoms with Crippen molar-refractivity contribution in [3.8, 4) is 0 Å². The van der Waals surface area contributed by atoms with Crippen LogP contribution in [0.1, 0.15) is 23.2 Å². The standard InChI is InChI=1S/C11H11ClINO/c1-14(7-5-6-7)11(15)8-3-2-4-9(12)10(8)13/h2-4,7H,5-6H2,1H3. The van der Waals surface area contributed by atoms with Crippen LogP contribution in [0.5, 0.6) is 0 Å². The zero-order valence-electron chi connectivity index (χ0n) is 8.34. The molecule has 1 aromatic carbocycles. The van der Waals surface area contributed by atoms with Gasteiger partial charge >= 0.3 is 0 Å². The third-order valence-electron chi connectivity index (χ3n) is 2.60. The van der Waals surface area contributed by atoms with Crippen LogP contribution in [0.4, 0.5) is 0 Å². The number of carbonyl (C=O) groups is 1. The van der Waals surface area contributed by atoms with Crippen LogP contribution in [0, 0.1) is 3.57 Å². The Balaban J connectivity index is 2.28. The monoisotopic (exact) mass is 335 g/mol. The van der Waals surface area contributed by atoms with Crippen LogP contribution in [-0.4, -0.2) is 23.9 Å². The van der Waals surface area contributed by atoms with E-state index < -0.39 is 0 Å². The summed E-state index contributed by atoms with van der Waals surface area (Å²) in [5.41, 5.74) is 0.706. The molecule has 0 heterocycles. The van der Waals surface area contributed by atoms with Crippen LogP contribution in [0.2, 0.25) is 5.02 Å². The maximum absolute atomic E-state index is 12.1. The Bertz CT molecular complexity index is 404. The quantitative estimate of drug-likeness (QED) is 0.760. The summed E-state index contributed by atoms with van der Waals surface area (Å²) in [7, 11) is 1.86. The maximum Gasteiger partial charge on any atom is 0.254 e. The highest BCUT2D eigenvalue weighted by atomic mass is 127. The lowest BCUT2D eigenvalue weighted by molar-refractivity contribution is 0.0784. The van der Waals surface area contributed by atoms with Crippen molar-refractivity contribution < 1.29 is 4.79 Å². The van der Waals surface area contributed by atoms with Crippen LogP contribution in [0.25, 0.3) is 0 Å². The maximum atomic E-state index is 12.1. The number of nitrogens with zero attached hydrogens (tertiary/aromatic N) is 1. The molecule has 0 bridgehead atoms. The van der Waals surface area contributed by atoms with Gasteiger partial charge in [-0.25, -0.2) is 0 Å². The second kappa shape index (κ2) is 4.29. The number of halogens is 2. The number of hydrogen-bond donors (Lipinski definition) is 0. The molecular weight excluding hydrogens is 324 g/mol. The zero-order valence-corrected chi connectivity index (χ0v) is 11.2.